The predicted molar refractivity (Wildman–Crippen MR) is 116 cm³/mol. The van der Waals surface area contributed by atoms with E-state index in [2.05, 4.69) is 29.0 Å². The van der Waals surface area contributed by atoms with Crippen molar-refractivity contribution < 1.29 is 17.7 Å². The van der Waals surface area contributed by atoms with Crippen molar-refractivity contribution in [2.75, 3.05) is 10.0 Å². The molecule has 0 bridgehead atoms. The van der Waals surface area contributed by atoms with E-state index < -0.39 is 10.0 Å². The van der Waals surface area contributed by atoms with Gasteiger partial charge in [0.15, 0.2) is 0 Å². The van der Waals surface area contributed by atoms with E-state index >= 15 is 0 Å². The van der Waals surface area contributed by atoms with Crippen molar-refractivity contribution in [1.82, 2.24) is 5.16 Å². The Morgan fingerprint density at radius 2 is 1.80 bits per heavy atom. The molecule has 0 saturated carbocycles. The van der Waals surface area contributed by atoms with Gasteiger partial charge in [0.05, 0.1) is 16.8 Å². The fourth-order valence-corrected chi connectivity index (χ4v) is 3.93. The first-order chi connectivity index (χ1) is 14.2. The van der Waals surface area contributed by atoms with Crippen LogP contribution in [0.25, 0.3) is 0 Å². The zero-order valence-corrected chi connectivity index (χ0v) is 18.0. The molecule has 0 spiro atoms. The van der Waals surface area contributed by atoms with E-state index in [9.17, 15) is 13.2 Å². The standard InChI is InChI=1S/C22H25N3O4S/c1-15(2)7-8-17-9-11-20(12-10-17)30(27,28)25-19-6-4-5-18(13-19)24-22(26)21-14-23-29-16(21)3/h4-6,9-15,25H,7-8H2,1-3H3,(H,24,26). The van der Waals surface area contributed by atoms with Crippen LogP contribution in [0.15, 0.2) is 64.1 Å². The smallest absolute Gasteiger partial charge is 0.261 e. The lowest BCUT2D eigenvalue weighted by Gasteiger charge is -2.11. The molecule has 3 rings (SSSR count). The Labute approximate surface area is 176 Å². The highest BCUT2D eigenvalue weighted by Crippen LogP contribution is 2.21. The van der Waals surface area contributed by atoms with E-state index in [-0.39, 0.29) is 10.8 Å². The quantitative estimate of drug-likeness (QED) is 0.546. The van der Waals surface area contributed by atoms with Gasteiger partial charge in [0.1, 0.15) is 11.3 Å². The highest BCUT2D eigenvalue weighted by atomic mass is 32.2. The predicted octanol–water partition coefficient (Wildman–Crippen LogP) is 4.62. The van der Waals surface area contributed by atoms with Crippen LogP contribution in [-0.2, 0) is 16.4 Å². The van der Waals surface area contributed by atoms with Crippen LogP contribution in [0.3, 0.4) is 0 Å². The van der Waals surface area contributed by atoms with E-state index in [1.165, 1.54) is 6.20 Å². The summed E-state index contributed by atoms with van der Waals surface area (Å²) in [6.07, 6.45) is 3.30. The Bertz CT molecular complexity index is 1120. The van der Waals surface area contributed by atoms with Crippen LogP contribution in [0.2, 0.25) is 0 Å². The Hall–Kier alpha value is -3.13. The van der Waals surface area contributed by atoms with E-state index in [1.54, 1.807) is 43.3 Å². The van der Waals surface area contributed by atoms with Crippen molar-refractivity contribution >= 4 is 27.3 Å². The molecule has 0 aliphatic rings. The number of nitrogens with one attached hydrogen (secondary N) is 2. The van der Waals surface area contributed by atoms with Gasteiger partial charge in [-0.05, 0) is 61.6 Å². The third-order valence-corrected chi connectivity index (χ3v) is 6.01. The van der Waals surface area contributed by atoms with Crippen LogP contribution in [0.4, 0.5) is 11.4 Å². The number of aromatic nitrogens is 1. The largest absolute Gasteiger partial charge is 0.361 e. The third kappa shape index (κ3) is 5.48. The van der Waals surface area contributed by atoms with Crippen LogP contribution in [0, 0.1) is 12.8 Å². The maximum atomic E-state index is 12.7. The number of amides is 1. The van der Waals surface area contributed by atoms with Crippen molar-refractivity contribution in [3.63, 3.8) is 0 Å². The van der Waals surface area contributed by atoms with Gasteiger partial charge < -0.3 is 9.84 Å². The van der Waals surface area contributed by atoms with Gasteiger partial charge >= 0.3 is 0 Å². The first-order valence-corrected chi connectivity index (χ1v) is 11.2. The van der Waals surface area contributed by atoms with E-state index in [1.807, 2.05) is 12.1 Å². The Kier molecular flexibility index (Phi) is 6.56. The summed E-state index contributed by atoms with van der Waals surface area (Å²) in [5.41, 5.74) is 2.22. The lowest BCUT2D eigenvalue weighted by atomic mass is 10.0. The summed E-state index contributed by atoms with van der Waals surface area (Å²) in [5.74, 6) is 0.614. The summed E-state index contributed by atoms with van der Waals surface area (Å²) in [6, 6.07) is 13.4. The Morgan fingerprint density at radius 3 is 2.43 bits per heavy atom. The molecule has 30 heavy (non-hydrogen) atoms. The SMILES string of the molecule is Cc1oncc1C(=O)Nc1cccc(NS(=O)(=O)c2ccc(CCC(C)C)cc2)c1. The van der Waals surface area contributed by atoms with Crippen LogP contribution >= 0.6 is 0 Å². The number of carbonyl (C=O) groups is 1. The summed E-state index contributed by atoms with van der Waals surface area (Å²) < 4.78 is 32.9. The summed E-state index contributed by atoms with van der Waals surface area (Å²) >= 11 is 0. The van der Waals surface area contributed by atoms with E-state index in [0.29, 0.717) is 28.6 Å². The molecule has 1 aromatic heterocycles. The molecule has 7 nitrogen and oxygen atoms in total. The molecule has 0 atom stereocenters. The van der Waals surface area contributed by atoms with Gasteiger partial charge in [-0.1, -0.05) is 37.2 Å². The van der Waals surface area contributed by atoms with E-state index in [4.69, 9.17) is 4.52 Å². The molecule has 0 fully saturated rings. The van der Waals surface area contributed by atoms with Gasteiger partial charge in [-0.2, -0.15) is 0 Å². The number of sulfonamides is 1. The molecule has 0 aliphatic carbocycles. The molecule has 0 saturated heterocycles. The molecule has 8 heteroatoms. The topological polar surface area (TPSA) is 101 Å². The van der Waals surface area contributed by atoms with Crippen molar-refractivity contribution in [2.45, 2.75) is 38.5 Å². The zero-order chi connectivity index (χ0) is 21.7. The van der Waals surface area contributed by atoms with Crippen LogP contribution < -0.4 is 10.0 Å². The maximum absolute atomic E-state index is 12.7. The van der Waals surface area contributed by atoms with Crippen molar-refractivity contribution in [3.8, 4) is 0 Å². The highest BCUT2D eigenvalue weighted by molar-refractivity contribution is 7.92. The first kappa shape index (κ1) is 21.6. The minimum absolute atomic E-state index is 0.185. The molecule has 1 amide bonds. The fourth-order valence-electron chi connectivity index (χ4n) is 2.88. The van der Waals surface area contributed by atoms with Crippen LogP contribution in [0.1, 0.15) is 41.9 Å². The number of benzene rings is 2. The number of rotatable bonds is 8. The molecule has 0 radical (unpaired) electrons. The normalized spacial score (nSPS) is 11.5. The average molecular weight is 428 g/mol. The number of hydrogen-bond acceptors (Lipinski definition) is 5. The molecule has 0 unspecified atom stereocenters. The van der Waals surface area contributed by atoms with Gasteiger partial charge in [-0.3, -0.25) is 9.52 Å². The lowest BCUT2D eigenvalue weighted by Crippen LogP contribution is -2.14. The average Bonchev–Trinajstić information content (AvgIpc) is 3.12. The number of hydrogen-bond donors (Lipinski definition) is 2. The Balaban J connectivity index is 1.70. The van der Waals surface area contributed by atoms with Gasteiger partial charge in [0.25, 0.3) is 15.9 Å². The summed E-state index contributed by atoms with van der Waals surface area (Å²) in [6.45, 7) is 5.96. The highest BCUT2D eigenvalue weighted by Gasteiger charge is 2.16. The number of anilines is 2. The number of aryl methyl sites for hydroxylation is 2. The second-order valence-corrected chi connectivity index (χ2v) is 9.19. The molecule has 158 valence electrons. The molecule has 2 N–H and O–H groups in total. The van der Waals surface area contributed by atoms with Gasteiger partial charge in [0, 0.05) is 5.69 Å². The zero-order valence-electron chi connectivity index (χ0n) is 17.2. The number of carbonyl (C=O) groups excluding carboxylic acids is 1. The molecular formula is C22H25N3O4S. The minimum atomic E-state index is -3.74. The third-order valence-electron chi connectivity index (χ3n) is 4.61. The van der Waals surface area contributed by atoms with Crippen LogP contribution in [-0.4, -0.2) is 19.5 Å². The maximum Gasteiger partial charge on any atom is 0.261 e. The van der Waals surface area contributed by atoms with Crippen molar-refractivity contribution in [1.29, 1.82) is 0 Å². The lowest BCUT2D eigenvalue weighted by molar-refractivity contribution is 0.102. The first-order valence-electron chi connectivity index (χ1n) is 9.69. The minimum Gasteiger partial charge on any atom is -0.361 e. The monoisotopic (exact) mass is 427 g/mol. The van der Waals surface area contributed by atoms with Gasteiger partial charge in [-0.25, -0.2) is 8.42 Å². The van der Waals surface area contributed by atoms with E-state index in [0.717, 1.165) is 18.4 Å². The summed E-state index contributed by atoms with van der Waals surface area (Å²) in [4.78, 5) is 12.5. The second kappa shape index (κ2) is 9.13. The van der Waals surface area contributed by atoms with Crippen LogP contribution in [0.5, 0.6) is 0 Å². The Morgan fingerprint density at radius 1 is 1.10 bits per heavy atom. The van der Waals surface area contributed by atoms with Gasteiger partial charge in [-0.15, -0.1) is 0 Å². The molecule has 1 heterocycles. The van der Waals surface area contributed by atoms with Crippen molar-refractivity contribution in [3.05, 3.63) is 71.6 Å². The number of nitrogens with zero attached hydrogens (tertiary/aromatic N) is 1. The summed E-state index contributed by atoms with van der Waals surface area (Å²) in [7, 11) is -3.74. The fraction of sp³-hybridized carbons (Fsp3) is 0.273. The molecular weight excluding hydrogens is 402 g/mol. The summed E-state index contributed by atoms with van der Waals surface area (Å²) in [5, 5.41) is 6.29. The molecule has 2 aromatic carbocycles. The molecule has 0 aliphatic heterocycles. The van der Waals surface area contributed by atoms with Gasteiger partial charge in [0.2, 0.25) is 0 Å². The second-order valence-electron chi connectivity index (χ2n) is 7.51. The molecule has 3 aromatic rings. The van der Waals surface area contributed by atoms with Crippen molar-refractivity contribution in [2.24, 2.45) is 5.92 Å².